The third-order valence-electron chi connectivity index (χ3n) is 3.58. The van der Waals surface area contributed by atoms with Crippen LogP contribution in [0, 0.1) is 0 Å². The Kier molecular flexibility index (Phi) is 12.8. The Hall–Kier alpha value is -0.900. The van der Waals surface area contributed by atoms with Crippen LogP contribution in [0.5, 0.6) is 0 Å². The lowest BCUT2D eigenvalue weighted by Crippen LogP contribution is -2.26. The minimum absolute atomic E-state index is 0.227. The van der Waals surface area contributed by atoms with Gasteiger partial charge in [0.15, 0.2) is 5.66 Å². The fourth-order valence-electron chi connectivity index (χ4n) is 2.40. The van der Waals surface area contributed by atoms with Gasteiger partial charge in [0.25, 0.3) is 0 Å². The molecule has 0 N–H and O–H groups in total. The van der Waals surface area contributed by atoms with E-state index < -0.39 is 19.2 Å². The van der Waals surface area contributed by atoms with Crippen molar-refractivity contribution in [3.05, 3.63) is 23.3 Å². The molecule has 0 aliphatic rings. The van der Waals surface area contributed by atoms with E-state index >= 15 is 0 Å². The number of ether oxygens (including phenoxy) is 1. The Bertz CT molecular complexity index is 482. The minimum atomic E-state index is -3.52. The molecule has 0 aliphatic carbocycles. The van der Waals surface area contributed by atoms with Gasteiger partial charge in [0.1, 0.15) is 0 Å². The lowest BCUT2D eigenvalue weighted by Gasteiger charge is -2.24. The average molecular weight is 374 g/mol. The molecule has 1 unspecified atom stereocenters. The van der Waals surface area contributed by atoms with Gasteiger partial charge in [-0.1, -0.05) is 23.3 Å². The number of hydrogen-bond acceptors (Lipinski definition) is 5. The first-order valence-corrected chi connectivity index (χ1v) is 10.8. The van der Waals surface area contributed by atoms with Crippen molar-refractivity contribution in [3.63, 3.8) is 0 Å². The SMILES string of the molecule is CCOC(=O)C(CC/C=C(\C)CCC=C(C)C)P(=O)(OCC)OCC. The van der Waals surface area contributed by atoms with Crippen LogP contribution in [0.4, 0.5) is 0 Å². The summed E-state index contributed by atoms with van der Waals surface area (Å²) in [5.74, 6) is -0.511. The zero-order chi connectivity index (χ0) is 19.3. The van der Waals surface area contributed by atoms with Crippen molar-refractivity contribution in [1.82, 2.24) is 0 Å². The van der Waals surface area contributed by atoms with E-state index in [1.807, 2.05) is 0 Å². The molecule has 5 nitrogen and oxygen atoms in total. The van der Waals surface area contributed by atoms with E-state index in [0.717, 1.165) is 12.8 Å². The van der Waals surface area contributed by atoms with Gasteiger partial charge in [0.05, 0.1) is 19.8 Å². The highest BCUT2D eigenvalue weighted by molar-refractivity contribution is 7.55. The van der Waals surface area contributed by atoms with E-state index in [1.54, 1.807) is 20.8 Å². The summed E-state index contributed by atoms with van der Waals surface area (Å²) in [5.41, 5.74) is 1.68. The molecule has 0 radical (unpaired) electrons. The van der Waals surface area contributed by atoms with Crippen LogP contribution >= 0.6 is 7.60 Å². The van der Waals surface area contributed by atoms with Gasteiger partial charge in [-0.3, -0.25) is 9.36 Å². The number of esters is 1. The van der Waals surface area contributed by atoms with Crippen LogP contribution in [0.2, 0.25) is 0 Å². The average Bonchev–Trinajstić information content (AvgIpc) is 2.51. The van der Waals surface area contributed by atoms with Crippen molar-refractivity contribution in [3.8, 4) is 0 Å². The summed E-state index contributed by atoms with van der Waals surface area (Å²) in [7, 11) is -3.52. The quantitative estimate of drug-likeness (QED) is 0.237. The molecule has 0 fully saturated rings. The zero-order valence-electron chi connectivity index (χ0n) is 16.7. The maximum Gasteiger partial charge on any atom is 0.344 e. The molecule has 6 heteroatoms. The van der Waals surface area contributed by atoms with E-state index in [0.29, 0.717) is 12.8 Å². The number of rotatable bonds is 13. The summed E-state index contributed by atoms with van der Waals surface area (Å²) in [5, 5.41) is 0. The second kappa shape index (κ2) is 13.3. The third kappa shape index (κ3) is 9.98. The van der Waals surface area contributed by atoms with Gasteiger partial charge >= 0.3 is 13.6 Å². The third-order valence-corrected chi connectivity index (χ3v) is 6.05. The largest absolute Gasteiger partial charge is 0.465 e. The minimum Gasteiger partial charge on any atom is -0.465 e. The molecule has 1 atom stereocenters. The highest BCUT2D eigenvalue weighted by atomic mass is 31.2. The molecule has 0 amide bonds. The first-order valence-electron chi connectivity index (χ1n) is 9.15. The Labute approximate surface area is 153 Å². The molecule has 25 heavy (non-hydrogen) atoms. The Morgan fingerprint density at radius 2 is 1.56 bits per heavy atom. The molecular formula is C19H35O5P. The van der Waals surface area contributed by atoms with Gasteiger partial charge < -0.3 is 13.8 Å². The van der Waals surface area contributed by atoms with Crippen molar-refractivity contribution in [2.45, 2.75) is 72.9 Å². The van der Waals surface area contributed by atoms with Crippen LogP contribution < -0.4 is 0 Å². The van der Waals surface area contributed by atoms with Crippen molar-refractivity contribution >= 4 is 13.6 Å². The molecule has 0 aliphatic heterocycles. The molecule has 0 aromatic carbocycles. The first-order chi connectivity index (χ1) is 11.8. The Morgan fingerprint density at radius 1 is 0.960 bits per heavy atom. The van der Waals surface area contributed by atoms with Crippen molar-refractivity contribution in [1.29, 1.82) is 0 Å². The highest BCUT2D eigenvalue weighted by Crippen LogP contribution is 2.55. The molecular weight excluding hydrogens is 339 g/mol. The van der Waals surface area contributed by atoms with E-state index in [2.05, 4.69) is 32.9 Å². The lowest BCUT2D eigenvalue weighted by molar-refractivity contribution is -0.143. The van der Waals surface area contributed by atoms with Crippen LogP contribution in [-0.2, 0) is 23.1 Å². The highest BCUT2D eigenvalue weighted by Gasteiger charge is 2.41. The van der Waals surface area contributed by atoms with Gasteiger partial charge in [-0.15, -0.1) is 0 Å². The lowest BCUT2D eigenvalue weighted by atomic mass is 10.1. The van der Waals surface area contributed by atoms with Gasteiger partial charge in [-0.25, -0.2) is 0 Å². The molecule has 0 rings (SSSR count). The summed E-state index contributed by atoms with van der Waals surface area (Å²) in [6, 6.07) is 0. The maximum atomic E-state index is 13.0. The maximum absolute atomic E-state index is 13.0. The van der Waals surface area contributed by atoms with Crippen LogP contribution in [0.3, 0.4) is 0 Å². The van der Waals surface area contributed by atoms with Crippen molar-refractivity contribution in [2.24, 2.45) is 0 Å². The van der Waals surface area contributed by atoms with E-state index in [-0.39, 0.29) is 19.8 Å². The summed E-state index contributed by atoms with van der Waals surface area (Å²) in [4.78, 5) is 12.3. The number of carbonyl (C=O) groups is 1. The Balaban J connectivity index is 4.98. The molecule has 0 spiro atoms. The summed E-state index contributed by atoms with van der Waals surface area (Å²) < 4.78 is 28.8. The van der Waals surface area contributed by atoms with Gasteiger partial charge in [0, 0.05) is 0 Å². The van der Waals surface area contributed by atoms with E-state index in [9.17, 15) is 9.36 Å². The monoisotopic (exact) mass is 374 g/mol. The molecule has 0 bridgehead atoms. The second-order valence-electron chi connectivity index (χ2n) is 6.09. The zero-order valence-corrected chi connectivity index (χ0v) is 17.6. The number of carbonyl (C=O) groups excluding carboxylic acids is 1. The van der Waals surface area contributed by atoms with E-state index in [4.69, 9.17) is 13.8 Å². The predicted octanol–water partition coefficient (Wildman–Crippen LogP) is 5.66. The molecule has 0 saturated carbocycles. The van der Waals surface area contributed by atoms with Crippen LogP contribution in [0.1, 0.15) is 67.2 Å². The molecule has 0 saturated heterocycles. The van der Waals surface area contributed by atoms with Crippen molar-refractivity contribution < 1.29 is 23.1 Å². The summed E-state index contributed by atoms with van der Waals surface area (Å²) >= 11 is 0. The van der Waals surface area contributed by atoms with Gasteiger partial charge in [-0.05, 0) is 67.2 Å². The standard InChI is InChI=1S/C19H35O5P/c1-7-22-19(20)18(25(21,23-8-2)24-9-3)15-11-14-17(6)13-10-12-16(4)5/h12,14,18H,7-11,13,15H2,1-6H3/b17-14+. The fraction of sp³-hybridized carbons (Fsp3) is 0.737. The number of hydrogen-bond donors (Lipinski definition) is 0. The second-order valence-corrected chi connectivity index (χ2v) is 8.31. The molecule has 0 aromatic rings. The molecule has 146 valence electrons. The topological polar surface area (TPSA) is 61.8 Å². The molecule has 0 heterocycles. The first kappa shape index (κ1) is 24.1. The number of allylic oxidation sites excluding steroid dienone is 4. The predicted molar refractivity (Wildman–Crippen MR) is 103 cm³/mol. The van der Waals surface area contributed by atoms with Crippen molar-refractivity contribution in [2.75, 3.05) is 19.8 Å². The summed E-state index contributed by atoms with van der Waals surface area (Å²) in [6.45, 7) is 12.1. The van der Waals surface area contributed by atoms with E-state index in [1.165, 1.54) is 11.1 Å². The van der Waals surface area contributed by atoms with Crippen LogP contribution in [0.15, 0.2) is 23.3 Å². The smallest absolute Gasteiger partial charge is 0.344 e. The molecule has 0 aromatic heterocycles. The van der Waals surface area contributed by atoms with Crippen LogP contribution in [-0.4, -0.2) is 31.4 Å². The summed E-state index contributed by atoms with van der Waals surface area (Å²) in [6.07, 6.45) is 7.29. The van der Waals surface area contributed by atoms with Crippen LogP contribution in [0.25, 0.3) is 0 Å². The fourth-order valence-corrected chi connectivity index (χ4v) is 4.35. The van der Waals surface area contributed by atoms with Gasteiger partial charge in [0.2, 0.25) is 0 Å². The Morgan fingerprint density at radius 3 is 2.04 bits per heavy atom. The normalized spacial score (nSPS) is 13.4. The van der Waals surface area contributed by atoms with Gasteiger partial charge in [-0.2, -0.15) is 0 Å².